The number of hydrogen-bond donors (Lipinski definition) is 2. The summed E-state index contributed by atoms with van der Waals surface area (Å²) in [6.45, 7) is 5.37. The number of anilines is 1. The lowest BCUT2D eigenvalue weighted by Gasteiger charge is -2.07. The monoisotopic (exact) mass is 328 g/mol. The van der Waals surface area contributed by atoms with Crippen molar-refractivity contribution in [1.82, 2.24) is 24.9 Å². The molecule has 0 bridgehead atoms. The van der Waals surface area contributed by atoms with Gasteiger partial charge in [0.2, 0.25) is 5.95 Å². The molecule has 0 spiro atoms. The Kier molecular flexibility index (Phi) is 3.98. The van der Waals surface area contributed by atoms with Gasteiger partial charge in [-0.2, -0.15) is 9.78 Å². The average Bonchev–Trinajstić information content (AvgIpc) is 3.12. The molecule has 2 N–H and O–H groups in total. The quantitative estimate of drug-likeness (QED) is 0.746. The van der Waals surface area contributed by atoms with Gasteiger partial charge in [0, 0.05) is 23.9 Å². The first-order valence-electron chi connectivity index (χ1n) is 7.38. The minimum Gasteiger partial charge on any atom is -0.361 e. The fraction of sp³-hybridized carbons (Fsp3) is 0.267. The molecule has 0 atom stereocenters. The maximum absolute atomic E-state index is 12.2. The van der Waals surface area contributed by atoms with E-state index < -0.39 is 5.91 Å². The molecule has 1 amide bonds. The van der Waals surface area contributed by atoms with E-state index in [-0.39, 0.29) is 17.2 Å². The largest absolute Gasteiger partial charge is 0.361 e. The number of nitrogens with one attached hydrogen (secondary N) is 2. The predicted molar refractivity (Wildman–Crippen MR) is 85.3 cm³/mol. The Morgan fingerprint density at radius 2 is 2.12 bits per heavy atom. The first-order valence-corrected chi connectivity index (χ1v) is 7.38. The predicted octanol–water partition coefficient (Wildman–Crippen LogP) is 1.38. The van der Waals surface area contributed by atoms with Crippen LogP contribution in [0.15, 0.2) is 27.5 Å². The van der Waals surface area contributed by atoms with Crippen LogP contribution in [0.5, 0.6) is 0 Å². The Labute approximate surface area is 136 Å². The number of rotatable bonds is 4. The highest BCUT2D eigenvalue weighted by Crippen LogP contribution is 2.15. The van der Waals surface area contributed by atoms with Crippen molar-refractivity contribution in [3.05, 3.63) is 51.4 Å². The minimum atomic E-state index is -0.443. The zero-order valence-corrected chi connectivity index (χ0v) is 13.5. The summed E-state index contributed by atoms with van der Waals surface area (Å²) in [6, 6.07) is 4.63. The molecule has 3 aromatic rings. The number of H-pyrrole nitrogens is 1. The molecule has 3 aromatic heterocycles. The molecule has 0 saturated heterocycles. The number of nitrogens with zero attached hydrogens (tertiary/aromatic N) is 4. The lowest BCUT2D eigenvalue weighted by atomic mass is 10.3. The topological polar surface area (TPSA) is 119 Å². The van der Waals surface area contributed by atoms with Crippen LogP contribution in [0, 0.1) is 13.8 Å². The lowest BCUT2D eigenvalue weighted by molar-refractivity contribution is 0.101. The van der Waals surface area contributed by atoms with E-state index in [9.17, 15) is 9.59 Å². The van der Waals surface area contributed by atoms with Crippen molar-refractivity contribution in [2.24, 2.45) is 0 Å². The van der Waals surface area contributed by atoms with Gasteiger partial charge in [-0.15, -0.1) is 0 Å². The molecule has 0 unspecified atom stereocenters. The van der Waals surface area contributed by atoms with Crippen molar-refractivity contribution in [3.63, 3.8) is 0 Å². The summed E-state index contributed by atoms with van der Waals surface area (Å²) in [5.41, 5.74) is 1.16. The molecule has 0 aromatic carbocycles. The summed E-state index contributed by atoms with van der Waals surface area (Å²) in [5.74, 6) is 0.696. The first kappa shape index (κ1) is 15.7. The number of hydrogen-bond acceptors (Lipinski definition) is 6. The highest BCUT2D eigenvalue weighted by Gasteiger charge is 2.16. The highest BCUT2D eigenvalue weighted by molar-refractivity contribution is 6.02. The third-order valence-electron chi connectivity index (χ3n) is 3.28. The van der Waals surface area contributed by atoms with Crippen LogP contribution in [0.1, 0.15) is 34.6 Å². The summed E-state index contributed by atoms with van der Waals surface area (Å²) < 4.78 is 6.27. The highest BCUT2D eigenvalue weighted by atomic mass is 16.5. The van der Waals surface area contributed by atoms with Gasteiger partial charge in [0.1, 0.15) is 11.6 Å². The van der Waals surface area contributed by atoms with Crippen molar-refractivity contribution in [1.29, 1.82) is 0 Å². The summed E-state index contributed by atoms with van der Waals surface area (Å²) in [4.78, 5) is 31.0. The van der Waals surface area contributed by atoms with Gasteiger partial charge >= 0.3 is 0 Å². The van der Waals surface area contributed by atoms with Crippen LogP contribution < -0.4 is 10.9 Å². The van der Waals surface area contributed by atoms with Crippen molar-refractivity contribution in [3.8, 4) is 5.95 Å². The van der Waals surface area contributed by atoms with Gasteiger partial charge in [0.15, 0.2) is 5.69 Å². The number of carbonyl (C=O) groups is 1. The zero-order chi connectivity index (χ0) is 17.3. The Morgan fingerprint density at radius 3 is 2.79 bits per heavy atom. The van der Waals surface area contributed by atoms with Gasteiger partial charge in [-0.05, 0) is 20.3 Å². The van der Waals surface area contributed by atoms with Gasteiger partial charge in [0.05, 0.1) is 5.69 Å². The van der Waals surface area contributed by atoms with E-state index in [0.29, 0.717) is 29.4 Å². The van der Waals surface area contributed by atoms with E-state index in [1.54, 1.807) is 19.9 Å². The first-order chi connectivity index (χ1) is 11.5. The normalized spacial score (nSPS) is 10.8. The summed E-state index contributed by atoms with van der Waals surface area (Å²) >= 11 is 0. The van der Waals surface area contributed by atoms with Crippen LogP contribution in [0.4, 0.5) is 5.82 Å². The third-order valence-corrected chi connectivity index (χ3v) is 3.28. The average molecular weight is 328 g/mol. The summed E-state index contributed by atoms with van der Waals surface area (Å²) in [7, 11) is 0. The number of aromatic nitrogens is 5. The maximum atomic E-state index is 12.2. The molecule has 124 valence electrons. The molecule has 0 fully saturated rings. The minimum absolute atomic E-state index is 0.154. The molecule has 9 heteroatoms. The fourth-order valence-electron chi connectivity index (χ4n) is 2.18. The summed E-state index contributed by atoms with van der Waals surface area (Å²) in [5, 5.41) is 10.6. The van der Waals surface area contributed by atoms with Crippen LogP contribution in [-0.4, -0.2) is 30.8 Å². The van der Waals surface area contributed by atoms with Crippen LogP contribution in [0.25, 0.3) is 5.95 Å². The standard InChI is InChI=1S/C15H16N6O3/c1-4-10-7-13(22)18-15(16-10)21-12(5-8(2)19-21)17-14(23)11-6-9(3)24-20-11/h5-7H,4H2,1-3H3,(H,17,23)(H,16,18,22). The Morgan fingerprint density at radius 1 is 1.33 bits per heavy atom. The van der Waals surface area contributed by atoms with Crippen molar-refractivity contribution >= 4 is 11.7 Å². The molecule has 3 heterocycles. The van der Waals surface area contributed by atoms with Gasteiger partial charge in [-0.1, -0.05) is 12.1 Å². The van der Waals surface area contributed by atoms with Crippen LogP contribution in [0.3, 0.4) is 0 Å². The second kappa shape index (κ2) is 6.11. The molecule has 9 nitrogen and oxygen atoms in total. The Hall–Kier alpha value is -3.23. The molecule has 3 rings (SSSR count). The second-order valence-electron chi connectivity index (χ2n) is 5.27. The van der Waals surface area contributed by atoms with E-state index >= 15 is 0 Å². The van der Waals surface area contributed by atoms with E-state index in [2.05, 4.69) is 25.5 Å². The lowest BCUT2D eigenvalue weighted by Crippen LogP contribution is -2.19. The maximum Gasteiger partial charge on any atom is 0.279 e. The zero-order valence-electron chi connectivity index (χ0n) is 13.5. The van der Waals surface area contributed by atoms with E-state index in [1.807, 2.05) is 6.92 Å². The molecule has 24 heavy (non-hydrogen) atoms. The Balaban J connectivity index is 1.98. The molecule has 0 aliphatic rings. The van der Waals surface area contributed by atoms with Crippen molar-refractivity contribution in [2.75, 3.05) is 5.32 Å². The van der Waals surface area contributed by atoms with Gasteiger partial charge in [-0.3, -0.25) is 14.6 Å². The van der Waals surface area contributed by atoms with Gasteiger partial charge in [0.25, 0.3) is 11.5 Å². The van der Waals surface area contributed by atoms with Crippen LogP contribution >= 0.6 is 0 Å². The van der Waals surface area contributed by atoms with Crippen molar-refractivity contribution < 1.29 is 9.32 Å². The Bertz CT molecular complexity index is 952. The number of amides is 1. The van der Waals surface area contributed by atoms with Crippen molar-refractivity contribution in [2.45, 2.75) is 27.2 Å². The molecular formula is C15H16N6O3. The van der Waals surface area contributed by atoms with Crippen LogP contribution in [0.2, 0.25) is 0 Å². The second-order valence-corrected chi connectivity index (χ2v) is 5.27. The third kappa shape index (κ3) is 3.09. The van der Waals surface area contributed by atoms with Gasteiger partial charge in [-0.25, -0.2) is 4.98 Å². The molecular weight excluding hydrogens is 312 g/mol. The molecule has 0 radical (unpaired) electrons. The van der Waals surface area contributed by atoms with Gasteiger partial charge < -0.3 is 9.84 Å². The van der Waals surface area contributed by atoms with E-state index in [4.69, 9.17) is 4.52 Å². The number of aromatic amines is 1. The fourth-order valence-corrected chi connectivity index (χ4v) is 2.18. The van der Waals surface area contributed by atoms with E-state index in [1.165, 1.54) is 16.8 Å². The van der Waals surface area contributed by atoms with Crippen LogP contribution in [-0.2, 0) is 6.42 Å². The van der Waals surface area contributed by atoms with E-state index in [0.717, 1.165) is 0 Å². The number of aryl methyl sites for hydroxylation is 3. The number of carbonyl (C=O) groups excluding carboxylic acids is 1. The molecule has 0 aliphatic heterocycles. The molecule has 0 aliphatic carbocycles. The summed E-state index contributed by atoms with van der Waals surface area (Å²) in [6.07, 6.45) is 0.608. The SMILES string of the molecule is CCc1cc(=O)[nH]c(-n2nc(C)cc2NC(=O)c2cc(C)on2)n1. The molecule has 0 saturated carbocycles. The smallest absolute Gasteiger partial charge is 0.279 e.